The topological polar surface area (TPSA) is 64.6 Å². The molecule has 1 unspecified atom stereocenters. The van der Waals surface area contributed by atoms with E-state index in [1.54, 1.807) is 11.3 Å². The third kappa shape index (κ3) is 5.29. The summed E-state index contributed by atoms with van der Waals surface area (Å²) in [5, 5.41) is 4.49. The lowest BCUT2D eigenvalue weighted by Gasteiger charge is -2.15. The first-order chi connectivity index (χ1) is 8.63. The van der Waals surface area contributed by atoms with Gasteiger partial charge < -0.3 is 14.8 Å². The van der Waals surface area contributed by atoms with Crippen molar-refractivity contribution in [1.82, 2.24) is 5.32 Å². The van der Waals surface area contributed by atoms with Crippen molar-refractivity contribution in [2.45, 2.75) is 19.4 Å². The van der Waals surface area contributed by atoms with Crippen LogP contribution in [-0.2, 0) is 25.5 Å². The summed E-state index contributed by atoms with van der Waals surface area (Å²) < 4.78 is 9.97. The highest BCUT2D eigenvalue weighted by molar-refractivity contribution is 7.09. The van der Waals surface area contributed by atoms with E-state index in [9.17, 15) is 9.59 Å². The van der Waals surface area contributed by atoms with E-state index in [-0.39, 0.29) is 12.5 Å². The van der Waals surface area contributed by atoms with Crippen LogP contribution in [0.5, 0.6) is 0 Å². The van der Waals surface area contributed by atoms with Crippen LogP contribution < -0.4 is 5.32 Å². The zero-order valence-corrected chi connectivity index (χ0v) is 11.3. The fourth-order valence-corrected chi connectivity index (χ4v) is 2.08. The largest absolute Gasteiger partial charge is 0.467 e. The molecule has 0 bridgehead atoms. The summed E-state index contributed by atoms with van der Waals surface area (Å²) in [6.45, 7) is 1.98. The number of hydrogen-bond donors (Lipinski definition) is 1. The van der Waals surface area contributed by atoms with E-state index in [2.05, 4.69) is 10.1 Å². The van der Waals surface area contributed by atoms with Crippen molar-refractivity contribution in [3.8, 4) is 0 Å². The first-order valence-electron chi connectivity index (χ1n) is 5.58. The summed E-state index contributed by atoms with van der Waals surface area (Å²) in [7, 11) is 1.28. The molecule has 0 saturated heterocycles. The Morgan fingerprint density at radius 2 is 2.28 bits per heavy atom. The average Bonchev–Trinajstić information content (AvgIpc) is 2.84. The Hall–Kier alpha value is -1.40. The Morgan fingerprint density at radius 3 is 2.83 bits per heavy atom. The van der Waals surface area contributed by atoms with Crippen LogP contribution in [0.1, 0.15) is 11.8 Å². The van der Waals surface area contributed by atoms with Crippen molar-refractivity contribution in [2.24, 2.45) is 0 Å². The van der Waals surface area contributed by atoms with Gasteiger partial charge >= 0.3 is 5.97 Å². The molecule has 1 aromatic rings. The van der Waals surface area contributed by atoms with Gasteiger partial charge in [0.2, 0.25) is 5.91 Å². The number of hydrogen-bond acceptors (Lipinski definition) is 5. The van der Waals surface area contributed by atoms with Gasteiger partial charge in [-0.1, -0.05) is 6.07 Å². The molecular formula is C12H17NO4S. The molecule has 5 nitrogen and oxygen atoms in total. The molecule has 0 aliphatic carbocycles. The molecule has 1 rings (SSSR count). The fourth-order valence-electron chi connectivity index (χ4n) is 1.39. The molecule has 0 saturated carbocycles. The molecule has 0 radical (unpaired) electrons. The number of carbonyl (C=O) groups excluding carboxylic acids is 2. The maximum atomic E-state index is 11.4. The van der Waals surface area contributed by atoms with Gasteiger partial charge in [0.25, 0.3) is 0 Å². The summed E-state index contributed by atoms with van der Waals surface area (Å²) in [5.41, 5.74) is 0. The quantitative estimate of drug-likeness (QED) is 0.593. The number of nitrogens with one attached hydrogen (secondary N) is 1. The summed E-state index contributed by atoms with van der Waals surface area (Å²) >= 11 is 1.66. The van der Waals surface area contributed by atoms with Crippen molar-refractivity contribution in [2.75, 3.05) is 20.3 Å². The van der Waals surface area contributed by atoms with Gasteiger partial charge in [-0.05, 0) is 11.4 Å². The second-order valence-electron chi connectivity index (χ2n) is 3.68. The smallest absolute Gasteiger partial charge is 0.330 e. The number of esters is 1. The van der Waals surface area contributed by atoms with E-state index in [4.69, 9.17) is 4.74 Å². The lowest BCUT2D eigenvalue weighted by Crippen LogP contribution is -2.43. The molecule has 0 aliphatic rings. The van der Waals surface area contributed by atoms with Crippen molar-refractivity contribution < 1.29 is 19.1 Å². The minimum absolute atomic E-state index is 0.123. The molecule has 1 aromatic heterocycles. The fraction of sp³-hybridized carbons (Fsp3) is 0.500. The lowest BCUT2D eigenvalue weighted by molar-refractivity contribution is -0.146. The van der Waals surface area contributed by atoms with Gasteiger partial charge in [-0.15, -0.1) is 11.3 Å². The van der Waals surface area contributed by atoms with Gasteiger partial charge in [0.15, 0.2) is 6.04 Å². The highest BCUT2D eigenvalue weighted by atomic mass is 32.1. The van der Waals surface area contributed by atoms with Crippen molar-refractivity contribution >= 4 is 23.2 Å². The summed E-state index contributed by atoms with van der Waals surface area (Å²) in [6, 6.07) is 3.27. The zero-order valence-electron chi connectivity index (χ0n) is 10.5. The average molecular weight is 271 g/mol. The van der Waals surface area contributed by atoms with E-state index in [1.807, 2.05) is 17.5 Å². The summed E-state index contributed by atoms with van der Waals surface area (Å²) in [5.74, 6) is -0.784. The highest BCUT2D eigenvalue weighted by Gasteiger charge is 2.19. The van der Waals surface area contributed by atoms with Crippen molar-refractivity contribution in [3.05, 3.63) is 22.4 Å². The van der Waals surface area contributed by atoms with Crippen LogP contribution >= 0.6 is 11.3 Å². The summed E-state index contributed by atoms with van der Waals surface area (Å²) in [6.07, 6.45) is 0.797. The molecule has 0 fully saturated rings. The Kier molecular flexibility index (Phi) is 6.38. The van der Waals surface area contributed by atoms with Gasteiger partial charge in [0.05, 0.1) is 20.3 Å². The first kappa shape index (κ1) is 14.7. The van der Waals surface area contributed by atoms with Gasteiger partial charge in [0, 0.05) is 18.2 Å². The predicted octanol–water partition coefficient (Wildman–Crippen LogP) is 0.985. The van der Waals surface area contributed by atoms with Crippen LogP contribution in [0.15, 0.2) is 17.5 Å². The number of amides is 1. The molecule has 0 spiro atoms. The van der Waals surface area contributed by atoms with Crippen LogP contribution in [0.25, 0.3) is 0 Å². The second-order valence-corrected chi connectivity index (χ2v) is 4.71. The number of carbonyl (C=O) groups is 2. The predicted molar refractivity (Wildman–Crippen MR) is 68.5 cm³/mol. The minimum atomic E-state index is -0.740. The number of thiophene rings is 1. The van der Waals surface area contributed by atoms with E-state index < -0.39 is 12.0 Å². The molecule has 0 aliphatic heterocycles. The third-order valence-corrected chi connectivity index (χ3v) is 3.16. The van der Waals surface area contributed by atoms with E-state index in [0.717, 1.165) is 6.42 Å². The molecular weight excluding hydrogens is 254 g/mol. The van der Waals surface area contributed by atoms with Crippen LogP contribution in [-0.4, -0.2) is 38.2 Å². The standard InChI is InChI=1S/C12H17NO4S/c1-9(14)13-11(12(15)16-2)8-17-6-5-10-4-3-7-18-10/h3-4,7,11H,5-6,8H2,1-2H3,(H,13,14). The van der Waals surface area contributed by atoms with E-state index in [0.29, 0.717) is 6.61 Å². The third-order valence-electron chi connectivity index (χ3n) is 2.22. The molecule has 1 amide bonds. The molecule has 1 atom stereocenters. The van der Waals surface area contributed by atoms with Gasteiger partial charge in [0.1, 0.15) is 0 Å². The SMILES string of the molecule is COC(=O)C(COCCc1cccs1)NC(C)=O. The molecule has 6 heteroatoms. The molecule has 0 aromatic carbocycles. The van der Waals surface area contributed by atoms with Gasteiger partial charge in [-0.3, -0.25) is 4.79 Å². The molecule has 18 heavy (non-hydrogen) atoms. The van der Waals surface area contributed by atoms with Gasteiger partial charge in [-0.2, -0.15) is 0 Å². The van der Waals surface area contributed by atoms with Crippen LogP contribution in [0, 0.1) is 0 Å². The zero-order chi connectivity index (χ0) is 13.4. The minimum Gasteiger partial charge on any atom is -0.467 e. The van der Waals surface area contributed by atoms with Crippen molar-refractivity contribution in [3.63, 3.8) is 0 Å². The normalized spacial score (nSPS) is 11.9. The Morgan fingerprint density at radius 1 is 1.50 bits per heavy atom. The number of ether oxygens (including phenoxy) is 2. The Bertz CT molecular complexity index is 377. The van der Waals surface area contributed by atoms with Gasteiger partial charge in [-0.25, -0.2) is 4.79 Å². The van der Waals surface area contributed by atoms with Crippen LogP contribution in [0.2, 0.25) is 0 Å². The molecule has 1 N–H and O–H groups in total. The van der Waals surface area contributed by atoms with E-state index in [1.165, 1.54) is 18.9 Å². The maximum absolute atomic E-state index is 11.4. The monoisotopic (exact) mass is 271 g/mol. The van der Waals surface area contributed by atoms with Crippen LogP contribution in [0.4, 0.5) is 0 Å². The van der Waals surface area contributed by atoms with Crippen LogP contribution in [0.3, 0.4) is 0 Å². The lowest BCUT2D eigenvalue weighted by atomic mass is 10.3. The molecule has 100 valence electrons. The molecule has 1 heterocycles. The number of rotatable bonds is 7. The Balaban J connectivity index is 2.28. The van der Waals surface area contributed by atoms with Crippen molar-refractivity contribution in [1.29, 1.82) is 0 Å². The number of methoxy groups -OCH3 is 1. The summed E-state index contributed by atoms with van der Waals surface area (Å²) in [4.78, 5) is 23.5. The maximum Gasteiger partial charge on any atom is 0.330 e. The first-order valence-corrected chi connectivity index (χ1v) is 6.46. The highest BCUT2D eigenvalue weighted by Crippen LogP contribution is 2.08. The second kappa shape index (κ2) is 7.84. The van der Waals surface area contributed by atoms with E-state index >= 15 is 0 Å². The Labute approximate surface area is 110 Å².